The lowest BCUT2D eigenvalue weighted by molar-refractivity contribution is -0.0690. The third kappa shape index (κ3) is 1.97. The summed E-state index contributed by atoms with van der Waals surface area (Å²) in [5, 5.41) is 12.6. The summed E-state index contributed by atoms with van der Waals surface area (Å²) in [6.45, 7) is 6.75. The number of rotatable bonds is 3. The number of aryl methyl sites for hydroxylation is 1. The van der Waals surface area contributed by atoms with Crippen molar-refractivity contribution in [1.82, 2.24) is 9.88 Å². The highest BCUT2D eigenvalue weighted by atomic mass is 16.3. The van der Waals surface area contributed by atoms with Crippen LogP contribution < -0.4 is 5.32 Å². The highest BCUT2D eigenvalue weighted by molar-refractivity contribution is 5.93. The molecule has 2 unspecified atom stereocenters. The van der Waals surface area contributed by atoms with E-state index in [2.05, 4.69) is 5.32 Å². The number of hydrogen-bond donors (Lipinski definition) is 2. The summed E-state index contributed by atoms with van der Waals surface area (Å²) in [4.78, 5) is 12.1. The molecule has 1 aliphatic carbocycles. The molecule has 1 fully saturated rings. The van der Waals surface area contributed by atoms with Gasteiger partial charge in [-0.25, -0.2) is 0 Å². The van der Waals surface area contributed by atoms with Crippen molar-refractivity contribution in [3.8, 4) is 0 Å². The molecule has 0 spiro atoms. The summed E-state index contributed by atoms with van der Waals surface area (Å²) in [7, 11) is 0. The molecule has 1 aromatic heterocycles. The fourth-order valence-electron chi connectivity index (χ4n) is 2.28. The Morgan fingerprint density at radius 1 is 1.65 bits per heavy atom. The van der Waals surface area contributed by atoms with Crippen LogP contribution >= 0.6 is 0 Å². The molecule has 4 heteroatoms. The lowest BCUT2D eigenvalue weighted by Crippen LogP contribution is -2.61. The molecule has 0 aliphatic heterocycles. The van der Waals surface area contributed by atoms with Crippen molar-refractivity contribution < 1.29 is 9.90 Å². The predicted molar refractivity (Wildman–Crippen MR) is 65.8 cm³/mol. The van der Waals surface area contributed by atoms with E-state index in [0.717, 1.165) is 6.54 Å². The average molecular weight is 236 g/mol. The molecule has 94 valence electrons. The van der Waals surface area contributed by atoms with Crippen molar-refractivity contribution in [3.63, 3.8) is 0 Å². The zero-order valence-electron chi connectivity index (χ0n) is 10.6. The Balaban J connectivity index is 2.04. The first kappa shape index (κ1) is 12.2. The van der Waals surface area contributed by atoms with E-state index in [-0.39, 0.29) is 23.5 Å². The third-order valence-corrected chi connectivity index (χ3v) is 3.92. The number of carbonyl (C=O) groups is 1. The molecule has 4 nitrogen and oxygen atoms in total. The van der Waals surface area contributed by atoms with Crippen LogP contribution in [0.3, 0.4) is 0 Å². The Labute approximate surface area is 102 Å². The van der Waals surface area contributed by atoms with Gasteiger partial charge in [0.05, 0.1) is 6.10 Å². The van der Waals surface area contributed by atoms with E-state index in [0.29, 0.717) is 12.1 Å². The molecular formula is C13H20N2O2. The Hall–Kier alpha value is -1.29. The Morgan fingerprint density at radius 2 is 2.35 bits per heavy atom. The third-order valence-electron chi connectivity index (χ3n) is 3.92. The smallest absolute Gasteiger partial charge is 0.268 e. The summed E-state index contributed by atoms with van der Waals surface area (Å²) in [6, 6.07) is 3.75. The van der Waals surface area contributed by atoms with E-state index >= 15 is 0 Å². The van der Waals surface area contributed by atoms with Crippen molar-refractivity contribution in [3.05, 3.63) is 24.0 Å². The SMILES string of the molecule is CCn1cccc1C(=O)NC1CC(O)C1(C)C. The number of nitrogens with one attached hydrogen (secondary N) is 1. The van der Waals surface area contributed by atoms with E-state index < -0.39 is 0 Å². The van der Waals surface area contributed by atoms with Crippen LogP contribution in [0.4, 0.5) is 0 Å². The second kappa shape index (κ2) is 4.18. The Bertz CT molecular complexity index is 423. The maximum absolute atomic E-state index is 12.1. The molecule has 0 aromatic carbocycles. The Morgan fingerprint density at radius 3 is 2.88 bits per heavy atom. The highest BCUT2D eigenvalue weighted by Crippen LogP contribution is 2.40. The van der Waals surface area contributed by atoms with Gasteiger partial charge in [-0.3, -0.25) is 4.79 Å². The molecule has 2 N–H and O–H groups in total. The van der Waals surface area contributed by atoms with Crippen LogP contribution in [-0.2, 0) is 6.54 Å². The number of aromatic nitrogens is 1. The Kier molecular flexibility index (Phi) is 3.00. The van der Waals surface area contributed by atoms with Gasteiger partial charge in [-0.15, -0.1) is 0 Å². The number of amides is 1. The lowest BCUT2D eigenvalue weighted by atomic mass is 9.64. The maximum atomic E-state index is 12.1. The van der Waals surface area contributed by atoms with Crippen LogP contribution in [-0.4, -0.2) is 27.7 Å². The quantitative estimate of drug-likeness (QED) is 0.833. The van der Waals surface area contributed by atoms with Crippen LogP contribution in [0.25, 0.3) is 0 Å². The number of nitrogens with zero attached hydrogens (tertiary/aromatic N) is 1. The molecule has 0 bridgehead atoms. The monoisotopic (exact) mass is 236 g/mol. The molecule has 2 atom stereocenters. The fraction of sp³-hybridized carbons (Fsp3) is 0.615. The van der Waals surface area contributed by atoms with Gasteiger partial charge in [0, 0.05) is 24.2 Å². The highest BCUT2D eigenvalue weighted by Gasteiger charge is 2.48. The molecule has 1 aliphatic rings. The molecular weight excluding hydrogens is 216 g/mol. The van der Waals surface area contributed by atoms with Gasteiger partial charge >= 0.3 is 0 Å². The van der Waals surface area contributed by atoms with E-state index in [1.807, 2.05) is 43.7 Å². The van der Waals surface area contributed by atoms with Crippen LogP contribution in [0, 0.1) is 5.41 Å². The molecule has 0 radical (unpaired) electrons. The number of aliphatic hydroxyl groups is 1. The molecule has 1 saturated carbocycles. The first-order valence-electron chi connectivity index (χ1n) is 6.11. The zero-order chi connectivity index (χ0) is 12.6. The van der Waals surface area contributed by atoms with E-state index in [4.69, 9.17) is 0 Å². The first-order chi connectivity index (χ1) is 7.96. The minimum absolute atomic E-state index is 0.0539. The summed E-state index contributed by atoms with van der Waals surface area (Å²) in [6.07, 6.45) is 2.23. The van der Waals surface area contributed by atoms with E-state index in [1.165, 1.54) is 0 Å². The molecule has 1 heterocycles. The van der Waals surface area contributed by atoms with E-state index in [1.54, 1.807) is 0 Å². The minimum Gasteiger partial charge on any atom is -0.392 e. The van der Waals surface area contributed by atoms with Crippen molar-refractivity contribution >= 4 is 5.91 Å². The maximum Gasteiger partial charge on any atom is 0.268 e. The zero-order valence-corrected chi connectivity index (χ0v) is 10.6. The molecule has 2 rings (SSSR count). The van der Waals surface area contributed by atoms with E-state index in [9.17, 15) is 9.90 Å². The van der Waals surface area contributed by atoms with Gasteiger partial charge in [0.15, 0.2) is 0 Å². The van der Waals surface area contributed by atoms with Crippen LogP contribution in [0.5, 0.6) is 0 Å². The second-order valence-corrected chi connectivity index (χ2v) is 5.28. The standard InChI is InChI=1S/C13H20N2O2/c1-4-15-7-5-6-9(15)12(17)14-10-8-11(16)13(10,2)3/h5-7,10-11,16H,4,8H2,1-3H3,(H,14,17). The summed E-state index contributed by atoms with van der Waals surface area (Å²) in [5.41, 5.74) is 0.462. The molecule has 17 heavy (non-hydrogen) atoms. The van der Waals surface area contributed by atoms with Gasteiger partial charge in [0.1, 0.15) is 5.69 Å². The summed E-state index contributed by atoms with van der Waals surface area (Å²) >= 11 is 0. The number of aliphatic hydroxyl groups excluding tert-OH is 1. The second-order valence-electron chi connectivity index (χ2n) is 5.28. The normalized spacial score (nSPS) is 26.4. The largest absolute Gasteiger partial charge is 0.392 e. The van der Waals surface area contributed by atoms with Crippen LogP contribution in [0.15, 0.2) is 18.3 Å². The summed E-state index contributed by atoms with van der Waals surface area (Å²) in [5.74, 6) is -0.0539. The lowest BCUT2D eigenvalue weighted by Gasteiger charge is -2.49. The van der Waals surface area contributed by atoms with Crippen LogP contribution in [0.1, 0.15) is 37.7 Å². The van der Waals surface area contributed by atoms with Crippen molar-refractivity contribution in [1.29, 1.82) is 0 Å². The van der Waals surface area contributed by atoms with Gasteiger partial charge in [-0.2, -0.15) is 0 Å². The minimum atomic E-state index is -0.314. The van der Waals surface area contributed by atoms with Gasteiger partial charge < -0.3 is 15.0 Å². The van der Waals surface area contributed by atoms with Crippen molar-refractivity contribution in [2.24, 2.45) is 5.41 Å². The van der Waals surface area contributed by atoms with Gasteiger partial charge in [-0.1, -0.05) is 13.8 Å². The molecule has 1 aromatic rings. The number of hydrogen-bond acceptors (Lipinski definition) is 2. The van der Waals surface area contributed by atoms with Gasteiger partial charge in [-0.05, 0) is 25.5 Å². The topological polar surface area (TPSA) is 54.3 Å². The van der Waals surface area contributed by atoms with Gasteiger partial charge in [0.2, 0.25) is 0 Å². The average Bonchev–Trinajstić information content (AvgIpc) is 2.76. The molecule has 0 saturated heterocycles. The summed E-state index contributed by atoms with van der Waals surface area (Å²) < 4.78 is 1.91. The van der Waals surface area contributed by atoms with Crippen molar-refractivity contribution in [2.75, 3.05) is 0 Å². The predicted octanol–water partition coefficient (Wildman–Crippen LogP) is 1.40. The van der Waals surface area contributed by atoms with Crippen molar-refractivity contribution in [2.45, 2.75) is 45.9 Å². The first-order valence-corrected chi connectivity index (χ1v) is 6.11. The number of carbonyl (C=O) groups excluding carboxylic acids is 1. The molecule has 1 amide bonds. The van der Waals surface area contributed by atoms with Crippen LogP contribution in [0.2, 0.25) is 0 Å². The van der Waals surface area contributed by atoms with Gasteiger partial charge in [0.25, 0.3) is 5.91 Å². The fourth-order valence-corrected chi connectivity index (χ4v) is 2.28.